The van der Waals surface area contributed by atoms with Crippen LogP contribution in [0.2, 0.25) is 0 Å². The molecule has 2 aromatic carbocycles. The van der Waals surface area contributed by atoms with Crippen molar-refractivity contribution in [2.45, 2.75) is 25.7 Å². The average molecular weight is 362 g/mol. The van der Waals surface area contributed by atoms with Gasteiger partial charge in [-0.3, -0.25) is 4.79 Å². The first kappa shape index (κ1) is 17.5. The Labute approximate surface area is 158 Å². The van der Waals surface area contributed by atoms with Gasteiger partial charge in [0.2, 0.25) is 5.91 Å². The minimum Gasteiger partial charge on any atom is -0.361 e. The Kier molecular flexibility index (Phi) is 4.80. The number of benzene rings is 2. The van der Waals surface area contributed by atoms with Crippen LogP contribution in [0.25, 0.3) is 16.5 Å². The number of para-hydroxylation sites is 1. The molecular weight excluding hydrogens is 339 g/mol. The fourth-order valence-electron chi connectivity index (χ4n) is 3.92. The molecule has 3 nitrogen and oxygen atoms in total. The third-order valence-electron chi connectivity index (χ3n) is 5.51. The number of nitrogens with one attached hydrogen (secondary N) is 1. The molecule has 0 bridgehead atoms. The molecule has 1 aliphatic rings. The lowest BCUT2D eigenvalue weighted by atomic mass is 9.89. The summed E-state index contributed by atoms with van der Waals surface area (Å²) < 4.78 is 13.1. The number of H-pyrrole nitrogens is 1. The van der Waals surface area contributed by atoms with Crippen LogP contribution in [0, 0.1) is 5.82 Å². The van der Waals surface area contributed by atoms with Crippen molar-refractivity contribution in [1.29, 1.82) is 0 Å². The smallest absolute Gasteiger partial charge is 0.246 e. The van der Waals surface area contributed by atoms with Gasteiger partial charge in [0.1, 0.15) is 5.82 Å². The summed E-state index contributed by atoms with van der Waals surface area (Å²) in [5, 5.41) is 1.29. The molecular formula is C23H23FN2O. The highest BCUT2D eigenvalue weighted by Crippen LogP contribution is 2.33. The second-order valence-corrected chi connectivity index (χ2v) is 7.22. The molecule has 138 valence electrons. The van der Waals surface area contributed by atoms with Crippen LogP contribution in [0.15, 0.2) is 60.8 Å². The Morgan fingerprint density at radius 3 is 2.56 bits per heavy atom. The van der Waals surface area contributed by atoms with Crippen molar-refractivity contribution in [2.75, 3.05) is 13.1 Å². The zero-order chi connectivity index (χ0) is 18.8. The molecule has 1 N–H and O–H groups in total. The van der Waals surface area contributed by atoms with E-state index in [0.717, 1.165) is 37.1 Å². The molecule has 27 heavy (non-hydrogen) atoms. The molecule has 3 aromatic rings. The van der Waals surface area contributed by atoms with E-state index < -0.39 is 0 Å². The molecule has 1 saturated heterocycles. The van der Waals surface area contributed by atoms with Crippen molar-refractivity contribution in [3.8, 4) is 0 Å². The topological polar surface area (TPSA) is 36.1 Å². The van der Waals surface area contributed by atoms with Gasteiger partial charge >= 0.3 is 0 Å². The highest BCUT2D eigenvalue weighted by atomic mass is 19.1. The van der Waals surface area contributed by atoms with Gasteiger partial charge < -0.3 is 9.88 Å². The number of carbonyl (C=O) groups is 1. The van der Waals surface area contributed by atoms with Gasteiger partial charge in [0.15, 0.2) is 0 Å². The summed E-state index contributed by atoms with van der Waals surface area (Å²) in [5.41, 5.74) is 4.26. The van der Waals surface area contributed by atoms with Crippen molar-refractivity contribution < 1.29 is 9.18 Å². The predicted molar refractivity (Wildman–Crippen MR) is 107 cm³/mol. The van der Waals surface area contributed by atoms with Crippen molar-refractivity contribution in [2.24, 2.45) is 0 Å². The highest BCUT2D eigenvalue weighted by Gasteiger charge is 2.24. The molecule has 1 amide bonds. The second-order valence-electron chi connectivity index (χ2n) is 7.22. The summed E-state index contributed by atoms with van der Waals surface area (Å²) in [4.78, 5) is 17.9. The number of hydrogen-bond acceptors (Lipinski definition) is 1. The Bertz CT molecular complexity index is 979. The van der Waals surface area contributed by atoms with Gasteiger partial charge in [-0.05, 0) is 60.6 Å². The van der Waals surface area contributed by atoms with Gasteiger partial charge in [0.05, 0.1) is 0 Å². The summed E-state index contributed by atoms with van der Waals surface area (Å²) >= 11 is 0. The maximum atomic E-state index is 13.1. The van der Waals surface area contributed by atoms with E-state index in [-0.39, 0.29) is 11.7 Å². The number of piperidine rings is 1. The van der Waals surface area contributed by atoms with E-state index in [1.165, 1.54) is 28.6 Å². The normalized spacial score (nSPS) is 16.1. The first-order valence-electron chi connectivity index (χ1n) is 9.41. The Balaban J connectivity index is 1.42. The van der Waals surface area contributed by atoms with E-state index in [2.05, 4.69) is 29.4 Å². The zero-order valence-electron chi connectivity index (χ0n) is 15.4. The lowest BCUT2D eigenvalue weighted by molar-refractivity contribution is -0.127. The van der Waals surface area contributed by atoms with E-state index in [1.807, 2.05) is 17.9 Å². The Morgan fingerprint density at radius 2 is 1.81 bits per heavy atom. The van der Waals surface area contributed by atoms with E-state index in [9.17, 15) is 9.18 Å². The molecule has 0 radical (unpaired) electrons. The average Bonchev–Trinajstić information content (AvgIpc) is 3.12. The Hall–Kier alpha value is -2.88. The third-order valence-corrected chi connectivity index (χ3v) is 5.51. The fourth-order valence-corrected chi connectivity index (χ4v) is 3.92. The number of aromatic amines is 1. The molecule has 2 heterocycles. The number of fused-ring (bicyclic) bond motifs is 1. The molecule has 4 rings (SSSR count). The second kappa shape index (κ2) is 7.39. The van der Waals surface area contributed by atoms with Crippen LogP contribution >= 0.6 is 0 Å². The summed E-state index contributed by atoms with van der Waals surface area (Å²) in [5.74, 6) is 0.249. The number of aromatic nitrogens is 1. The van der Waals surface area contributed by atoms with Gasteiger partial charge in [-0.25, -0.2) is 4.39 Å². The number of allylic oxidation sites excluding steroid dienone is 1. The van der Waals surface area contributed by atoms with Gasteiger partial charge in [0.25, 0.3) is 0 Å². The van der Waals surface area contributed by atoms with E-state index in [1.54, 1.807) is 18.2 Å². The van der Waals surface area contributed by atoms with E-state index >= 15 is 0 Å². The van der Waals surface area contributed by atoms with Crippen LogP contribution in [-0.2, 0) is 4.79 Å². The van der Waals surface area contributed by atoms with Gasteiger partial charge in [-0.1, -0.05) is 30.3 Å². The van der Waals surface area contributed by atoms with Crippen LogP contribution in [0.3, 0.4) is 0 Å². The van der Waals surface area contributed by atoms with Gasteiger partial charge in [-0.15, -0.1) is 0 Å². The number of halogens is 1. The minimum absolute atomic E-state index is 0.0363. The molecule has 1 fully saturated rings. The van der Waals surface area contributed by atoms with Crippen LogP contribution in [-0.4, -0.2) is 28.9 Å². The van der Waals surface area contributed by atoms with Crippen LogP contribution in [0.1, 0.15) is 36.8 Å². The molecule has 0 saturated carbocycles. The first-order chi connectivity index (χ1) is 13.1. The summed E-state index contributed by atoms with van der Waals surface area (Å²) in [6, 6.07) is 14.6. The van der Waals surface area contributed by atoms with Crippen molar-refractivity contribution in [3.05, 3.63) is 77.7 Å². The largest absolute Gasteiger partial charge is 0.361 e. The molecule has 4 heteroatoms. The quantitative estimate of drug-likeness (QED) is 0.645. The maximum Gasteiger partial charge on any atom is 0.246 e. The molecule has 0 spiro atoms. The Morgan fingerprint density at radius 1 is 1.11 bits per heavy atom. The van der Waals surface area contributed by atoms with Crippen LogP contribution in [0.4, 0.5) is 4.39 Å². The number of carbonyl (C=O) groups excluding carboxylic acids is 1. The SMILES string of the molecule is C/C(=C\C(=O)N1CCC(c2c[nH]c3ccccc23)CC1)c1ccc(F)cc1. The van der Waals surface area contributed by atoms with Gasteiger partial charge in [0, 0.05) is 36.3 Å². The van der Waals surface area contributed by atoms with E-state index in [0.29, 0.717) is 5.92 Å². The number of nitrogens with zero attached hydrogens (tertiary/aromatic N) is 1. The fraction of sp³-hybridized carbons (Fsp3) is 0.261. The summed E-state index contributed by atoms with van der Waals surface area (Å²) in [6.45, 7) is 3.41. The number of rotatable bonds is 3. The van der Waals surface area contributed by atoms with Crippen molar-refractivity contribution >= 4 is 22.4 Å². The third kappa shape index (κ3) is 3.65. The first-order valence-corrected chi connectivity index (χ1v) is 9.41. The lowest BCUT2D eigenvalue weighted by Crippen LogP contribution is -2.37. The number of hydrogen-bond donors (Lipinski definition) is 1. The maximum absolute atomic E-state index is 13.1. The van der Waals surface area contributed by atoms with Crippen molar-refractivity contribution in [1.82, 2.24) is 9.88 Å². The summed E-state index contributed by atoms with van der Waals surface area (Å²) in [6.07, 6.45) is 5.72. The lowest BCUT2D eigenvalue weighted by Gasteiger charge is -2.31. The predicted octanol–water partition coefficient (Wildman–Crippen LogP) is 5.12. The standard InChI is InChI=1S/C23H23FN2O/c1-16(17-6-8-19(24)9-7-17)14-23(27)26-12-10-18(11-13-26)21-15-25-22-5-3-2-4-20(21)22/h2-9,14-15,18,25H,10-13H2,1H3/b16-14+. The zero-order valence-corrected chi connectivity index (χ0v) is 15.4. The molecule has 1 aliphatic heterocycles. The molecule has 1 aromatic heterocycles. The monoisotopic (exact) mass is 362 g/mol. The number of amides is 1. The minimum atomic E-state index is -0.266. The van der Waals surface area contributed by atoms with Crippen LogP contribution < -0.4 is 0 Å². The molecule has 0 aliphatic carbocycles. The summed E-state index contributed by atoms with van der Waals surface area (Å²) in [7, 11) is 0. The van der Waals surface area contributed by atoms with Gasteiger partial charge in [-0.2, -0.15) is 0 Å². The number of likely N-dealkylation sites (tertiary alicyclic amines) is 1. The highest BCUT2D eigenvalue weighted by molar-refractivity contribution is 5.95. The molecule has 0 unspecified atom stereocenters. The van der Waals surface area contributed by atoms with E-state index in [4.69, 9.17) is 0 Å². The molecule has 0 atom stereocenters. The van der Waals surface area contributed by atoms with Crippen molar-refractivity contribution in [3.63, 3.8) is 0 Å². The van der Waals surface area contributed by atoms with Crippen LogP contribution in [0.5, 0.6) is 0 Å².